The van der Waals surface area contributed by atoms with Crippen LogP contribution in [0.2, 0.25) is 0 Å². The van der Waals surface area contributed by atoms with Crippen molar-refractivity contribution in [3.8, 4) is 0 Å². The first kappa shape index (κ1) is 26.7. The Morgan fingerprint density at radius 2 is 1.08 bits per heavy atom. The standard InChI is InChI=1S/C14H28O2.C8H18O/c1-2-3-4-5-6-7-8-9-10-11-12-13-14(15)16;1-7(2)5-9-6-8(3)4/h2-13H2,1H3,(H,15,16);7-8H,5-6H2,1-4H3. The summed E-state index contributed by atoms with van der Waals surface area (Å²) in [4.78, 5) is 10.3. The fourth-order valence-corrected chi connectivity index (χ4v) is 2.48. The van der Waals surface area contributed by atoms with E-state index < -0.39 is 5.97 Å². The summed E-state index contributed by atoms with van der Waals surface area (Å²) in [5.74, 6) is 0.684. The topological polar surface area (TPSA) is 46.5 Å². The van der Waals surface area contributed by atoms with Gasteiger partial charge in [-0.3, -0.25) is 4.79 Å². The van der Waals surface area contributed by atoms with Crippen molar-refractivity contribution >= 4 is 5.97 Å². The molecule has 0 spiro atoms. The van der Waals surface area contributed by atoms with Crippen molar-refractivity contribution in [1.82, 2.24) is 0 Å². The lowest BCUT2D eigenvalue weighted by Crippen LogP contribution is -2.06. The van der Waals surface area contributed by atoms with Crippen LogP contribution in [0.5, 0.6) is 0 Å². The molecule has 0 aromatic heterocycles. The molecule has 0 aliphatic heterocycles. The first-order valence-corrected chi connectivity index (χ1v) is 10.7. The van der Waals surface area contributed by atoms with Gasteiger partial charge < -0.3 is 9.84 Å². The van der Waals surface area contributed by atoms with Gasteiger partial charge in [0.25, 0.3) is 0 Å². The third-order valence-electron chi connectivity index (χ3n) is 3.90. The second-order valence-electron chi connectivity index (χ2n) is 8.00. The van der Waals surface area contributed by atoms with Crippen molar-refractivity contribution in [2.75, 3.05) is 13.2 Å². The molecule has 25 heavy (non-hydrogen) atoms. The molecule has 0 aromatic carbocycles. The summed E-state index contributed by atoms with van der Waals surface area (Å²) in [6.45, 7) is 12.7. The molecule has 3 nitrogen and oxygen atoms in total. The Bertz CT molecular complexity index is 254. The van der Waals surface area contributed by atoms with Crippen molar-refractivity contribution in [3.05, 3.63) is 0 Å². The minimum absolute atomic E-state index is 0.344. The van der Waals surface area contributed by atoms with Crippen LogP contribution in [-0.2, 0) is 9.53 Å². The molecular weight excluding hydrogens is 312 g/mol. The van der Waals surface area contributed by atoms with E-state index in [0.717, 1.165) is 26.1 Å². The van der Waals surface area contributed by atoms with Gasteiger partial charge in [-0.25, -0.2) is 0 Å². The summed E-state index contributed by atoms with van der Waals surface area (Å²) in [6.07, 6.45) is 14.4. The summed E-state index contributed by atoms with van der Waals surface area (Å²) < 4.78 is 5.36. The summed E-state index contributed by atoms with van der Waals surface area (Å²) in [5, 5.41) is 8.46. The van der Waals surface area contributed by atoms with E-state index >= 15 is 0 Å². The minimum Gasteiger partial charge on any atom is -0.481 e. The Hall–Kier alpha value is -0.570. The van der Waals surface area contributed by atoms with E-state index in [1.165, 1.54) is 57.8 Å². The van der Waals surface area contributed by atoms with E-state index in [1.54, 1.807) is 0 Å². The van der Waals surface area contributed by atoms with Gasteiger partial charge >= 0.3 is 5.97 Å². The van der Waals surface area contributed by atoms with Gasteiger partial charge in [0.1, 0.15) is 0 Å². The number of ether oxygens (including phenoxy) is 1. The first-order chi connectivity index (χ1) is 11.9. The molecule has 0 fully saturated rings. The molecule has 0 aliphatic carbocycles. The summed E-state index contributed by atoms with van der Waals surface area (Å²) >= 11 is 0. The van der Waals surface area contributed by atoms with Gasteiger partial charge in [-0.05, 0) is 18.3 Å². The molecule has 0 saturated carbocycles. The fraction of sp³-hybridized carbons (Fsp3) is 0.955. The lowest BCUT2D eigenvalue weighted by Gasteiger charge is -2.07. The lowest BCUT2D eigenvalue weighted by molar-refractivity contribution is -0.137. The molecule has 0 radical (unpaired) electrons. The van der Waals surface area contributed by atoms with Gasteiger partial charge in [0.15, 0.2) is 0 Å². The zero-order valence-corrected chi connectivity index (χ0v) is 17.8. The second-order valence-corrected chi connectivity index (χ2v) is 8.00. The highest BCUT2D eigenvalue weighted by atomic mass is 16.5. The van der Waals surface area contributed by atoms with Gasteiger partial charge in [-0.15, -0.1) is 0 Å². The molecule has 1 N–H and O–H groups in total. The average Bonchev–Trinajstić information content (AvgIpc) is 2.52. The van der Waals surface area contributed by atoms with Gasteiger partial charge in [-0.1, -0.05) is 98.8 Å². The van der Waals surface area contributed by atoms with Crippen LogP contribution in [0, 0.1) is 11.8 Å². The van der Waals surface area contributed by atoms with Crippen LogP contribution in [-0.4, -0.2) is 24.3 Å². The molecule has 152 valence electrons. The normalized spacial score (nSPS) is 10.8. The molecule has 0 rings (SSSR count). The number of rotatable bonds is 16. The van der Waals surface area contributed by atoms with E-state index in [4.69, 9.17) is 9.84 Å². The monoisotopic (exact) mass is 358 g/mol. The number of aliphatic carboxylic acids is 1. The van der Waals surface area contributed by atoms with E-state index in [9.17, 15) is 4.79 Å². The van der Waals surface area contributed by atoms with Gasteiger partial charge in [0.2, 0.25) is 0 Å². The summed E-state index contributed by atoms with van der Waals surface area (Å²) in [7, 11) is 0. The zero-order valence-electron chi connectivity index (χ0n) is 17.8. The number of hydrogen-bond donors (Lipinski definition) is 1. The molecule has 3 heteroatoms. The van der Waals surface area contributed by atoms with Crippen molar-refractivity contribution < 1.29 is 14.6 Å². The highest BCUT2D eigenvalue weighted by Crippen LogP contribution is 2.11. The van der Waals surface area contributed by atoms with Gasteiger partial charge in [-0.2, -0.15) is 0 Å². The molecule has 0 aromatic rings. The number of carbonyl (C=O) groups is 1. The van der Waals surface area contributed by atoms with Crippen LogP contribution >= 0.6 is 0 Å². The Labute approximate surface area is 157 Å². The summed E-state index contributed by atoms with van der Waals surface area (Å²) in [5.41, 5.74) is 0. The largest absolute Gasteiger partial charge is 0.481 e. The third kappa shape index (κ3) is 31.7. The average molecular weight is 359 g/mol. The van der Waals surface area contributed by atoms with E-state index in [-0.39, 0.29) is 0 Å². The smallest absolute Gasteiger partial charge is 0.303 e. The van der Waals surface area contributed by atoms with Gasteiger partial charge in [0, 0.05) is 19.6 Å². The zero-order chi connectivity index (χ0) is 19.3. The highest BCUT2D eigenvalue weighted by Gasteiger charge is 1.97. The van der Waals surface area contributed by atoms with Crippen molar-refractivity contribution in [1.29, 1.82) is 0 Å². The van der Waals surface area contributed by atoms with Crippen molar-refractivity contribution in [2.24, 2.45) is 11.8 Å². The van der Waals surface area contributed by atoms with Crippen LogP contribution in [0.1, 0.15) is 112 Å². The summed E-state index contributed by atoms with van der Waals surface area (Å²) in [6, 6.07) is 0. The second kappa shape index (κ2) is 21.5. The lowest BCUT2D eigenvalue weighted by atomic mass is 10.1. The third-order valence-corrected chi connectivity index (χ3v) is 3.90. The quantitative estimate of drug-likeness (QED) is 0.300. The van der Waals surface area contributed by atoms with Gasteiger partial charge in [0.05, 0.1) is 0 Å². The van der Waals surface area contributed by atoms with E-state index in [0.29, 0.717) is 18.3 Å². The maximum atomic E-state index is 10.3. The molecule has 0 amide bonds. The maximum absolute atomic E-state index is 10.3. The van der Waals surface area contributed by atoms with Crippen LogP contribution < -0.4 is 0 Å². The molecule has 0 bridgehead atoms. The first-order valence-electron chi connectivity index (χ1n) is 10.7. The Morgan fingerprint density at radius 3 is 1.40 bits per heavy atom. The van der Waals surface area contributed by atoms with Crippen molar-refractivity contribution in [2.45, 2.75) is 112 Å². The minimum atomic E-state index is -0.657. The Balaban J connectivity index is 0. The van der Waals surface area contributed by atoms with Crippen LogP contribution in [0.25, 0.3) is 0 Å². The SMILES string of the molecule is CC(C)COCC(C)C.CCCCCCCCCCCCCC(=O)O. The molecule has 0 saturated heterocycles. The fourth-order valence-electron chi connectivity index (χ4n) is 2.48. The predicted molar refractivity (Wildman–Crippen MR) is 109 cm³/mol. The number of hydrogen-bond acceptors (Lipinski definition) is 2. The molecule has 0 unspecified atom stereocenters. The predicted octanol–water partition coefficient (Wildman–Crippen LogP) is 7.09. The van der Waals surface area contributed by atoms with Crippen LogP contribution in [0.3, 0.4) is 0 Å². The molecule has 0 heterocycles. The Morgan fingerprint density at radius 1 is 0.720 bits per heavy atom. The number of carboxylic acid groups (broad SMARTS) is 1. The molecular formula is C22H46O3. The number of carboxylic acids is 1. The van der Waals surface area contributed by atoms with Crippen LogP contribution in [0.15, 0.2) is 0 Å². The molecule has 0 atom stereocenters. The maximum Gasteiger partial charge on any atom is 0.303 e. The highest BCUT2D eigenvalue weighted by molar-refractivity contribution is 5.66. The van der Waals surface area contributed by atoms with E-state index in [1.807, 2.05) is 0 Å². The Kier molecular flexibility index (Phi) is 22.9. The number of unbranched alkanes of at least 4 members (excludes halogenated alkanes) is 10. The van der Waals surface area contributed by atoms with Crippen LogP contribution in [0.4, 0.5) is 0 Å². The molecule has 0 aliphatic rings. The van der Waals surface area contributed by atoms with E-state index in [2.05, 4.69) is 34.6 Å². The van der Waals surface area contributed by atoms with Crippen molar-refractivity contribution in [3.63, 3.8) is 0 Å².